The molecular weight excluding hydrogens is 244 g/mol. The highest BCUT2D eigenvalue weighted by Crippen LogP contribution is 2.28. The minimum atomic E-state index is 0.257. The Morgan fingerprint density at radius 3 is 2.65 bits per heavy atom. The molecule has 1 saturated heterocycles. The van der Waals surface area contributed by atoms with Gasteiger partial charge in [0.1, 0.15) is 0 Å². The van der Waals surface area contributed by atoms with Crippen LogP contribution in [0, 0.1) is 0 Å². The van der Waals surface area contributed by atoms with Crippen LogP contribution in [0.5, 0.6) is 0 Å². The average molecular weight is 274 g/mol. The third-order valence-electron chi connectivity index (χ3n) is 4.87. The molecule has 1 aliphatic rings. The number of nitrogens with zero attached hydrogens (tertiary/aromatic N) is 1. The molecule has 0 spiro atoms. The van der Waals surface area contributed by atoms with Crippen LogP contribution in [0.4, 0.5) is 0 Å². The lowest BCUT2D eigenvalue weighted by atomic mass is 9.99. The summed E-state index contributed by atoms with van der Waals surface area (Å²) in [6.07, 6.45) is 2.47. The maximum absolute atomic E-state index is 3.70. The molecule has 1 heterocycles. The second-order valence-electron chi connectivity index (χ2n) is 6.86. The van der Waals surface area contributed by atoms with Gasteiger partial charge >= 0.3 is 0 Å². The summed E-state index contributed by atoms with van der Waals surface area (Å²) >= 11 is 0. The van der Waals surface area contributed by atoms with E-state index in [4.69, 9.17) is 0 Å². The van der Waals surface area contributed by atoms with Crippen LogP contribution in [-0.2, 0) is 0 Å². The number of likely N-dealkylation sites (tertiary alicyclic amines) is 1. The molecule has 2 unspecified atom stereocenters. The van der Waals surface area contributed by atoms with Gasteiger partial charge in [-0.1, -0.05) is 37.3 Å². The van der Waals surface area contributed by atoms with Crippen molar-refractivity contribution in [2.24, 2.45) is 0 Å². The average Bonchev–Trinajstić information content (AvgIpc) is 2.96. The number of hydrogen-bond donors (Lipinski definition) is 1. The SMILES string of the molecule is CCC(C)(C)NCC(C)N1CCC(c2ccccc2)C1. The first kappa shape index (κ1) is 15.5. The van der Waals surface area contributed by atoms with Crippen molar-refractivity contribution in [1.82, 2.24) is 10.2 Å². The van der Waals surface area contributed by atoms with Crippen LogP contribution in [0.1, 0.15) is 52.0 Å². The van der Waals surface area contributed by atoms with Gasteiger partial charge in [-0.05, 0) is 51.6 Å². The zero-order valence-electron chi connectivity index (χ0n) is 13.5. The van der Waals surface area contributed by atoms with E-state index in [-0.39, 0.29) is 5.54 Å². The van der Waals surface area contributed by atoms with Crippen LogP contribution >= 0.6 is 0 Å². The van der Waals surface area contributed by atoms with Crippen molar-refractivity contribution < 1.29 is 0 Å². The van der Waals surface area contributed by atoms with E-state index in [1.807, 2.05) is 0 Å². The number of benzene rings is 1. The quantitative estimate of drug-likeness (QED) is 0.852. The Hall–Kier alpha value is -0.860. The molecule has 1 aromatic carbocycles. The summed E-state index contributed by atoms with van der Waals surface area (Å²) in [5.41, 5.74) is 1.76. The molecule has 0 aliphatic carbocycles. The van der Waals surface area contributed by atoms with Crippen molar-refractivity contribution in [3.05, 3.63) is 35.9 Å². The molecular formula is C18H30N2. The smallest absolute Gasteiger partial charge is 0.0192 e. The van der Waals surface area contributed by atoms with E-state index >= 15 is 0 Å². The largest absolute Gasteiger partial charge is 0.310 e. The zero-order chi connectivity index (χ0) is 14.6. The monoisotopic (exact) mass is 274 g/mol. The van der Waals surface area contributed by atoms with Crippen LogP contribution in [0.2, 0.25) is 0 Å². The van der Waals surface area contributed by atoms with E-state index in [1.54, 1.807) is 0 Å². The van der Waals surface area contributed by atoms with Crippen LogP contribution in [0.15, 0.2) is 30.3 Å². The van der Waals surface area contributed by atoms with Crippen molar-refractivity contribution in [3.8, 4) is 0 Å². The Bertz CT molecular complexity index is 399. The standard InChI is InChI=1S/C18H30N2/c1-5-18(3,4)19-13-15(2)20-12-11-17(14-20)16-9-7-6-8-10-16/h6-10,15,17,19H,5,11-14H2,1-4H3. The molecule has 20 heavy (non-hydrogen) atoms. The van der Waals surface area contributed by atoms with E-state index in [1.165, 1.54) is 31.5 Å². The first-order valence-corrected chi connectivity index (χ1v) is 8.06. The molecule has 0 radical (unpaired) electrons. The molecule has 1 fully saturated rings. The van der Waals surface area contributed by atoms with E-state index in [9.17, 15) is 0 Å². The molecule has 0 saturated carbocycles. The molecule has 0 bridgehead atoms. The topological polar surface area (TPSA) is 15.3 Å². The van der Waals surface area contributed by atoms with Gasteiger partial charge in [0, 0.05) is 24.7 Å². The predicted molar refractivity (Wildman–Crippen MR) is 87.2 cm³/mol. The van der Waals surface area contributed by atoms with Crippen LogP contribution < -0.4 is 5.32 Å². The third kappa shape index (κ3) is 4.07. The maximum atomic E-state index is 3.70. The molecule has 1 N–H and O–H groups in total. The Kier molecular flexibility index (Phi) is 5.22. The van der Waals surface area contributed by atoms with Crippen molar-refractivity contribution in [2.75, 3.05) is 19.6 Å². The lowest BCUT2D eigenvalue weighted by Crippen LogP contribution is -2.46. The molecule has 2 rings (SSSR count). The first-order valence-electron chi connectivity index (χ1n) is 8.06. The minimum absolute atomic E-state index is 0.257. The van der Waals surface area contributed by atoms with Gasteiger partial charge in [0.2, 0.25) is 0 Å². The van der Waals surface area contributed by atoms with Gasteiger partial charge in [-0.2, -0.15) is 0 Å². The first-order chi connectivity index (χ1) is 9.52. The molecule has 1 aliphatic heterocycles. The summed E-state index contributed by atoms with van der Waals surface area (Å²) in [7, 11) is 0. The number of hydrogen-bond acceptors (Lipinski definition) is 2. The predicted octanol–water partition coefficient (Wildman–Crippen LogP) is 3.64. The normalized spacial score (nSPS) is 22.1. The maximum Gasteiger partial charge on any atom is 0.0192 e. The second kappa shape index (κ2) is 6.73. The minimum Gasteiger partial charge on any atom is -0.310 e. The Labute approximate surface area is 124 Å². The van der Waals surface area contributed by atoms with Gasteiger partial charge in [-0.25, -0.2) is 0 Å². The molecule has 112 valence electrons. The van der Waals surface area contributed by atoms with Crippen LogP contribution in [-0.4, -0.2) is 36.1 Å². The molecule has 2 nitrogen and oxygen atoms in total. The van der Waals surface area contributed by atoms with Crippen molar-refractivity contribution >= 4 is 0 Å². The summed E-state index contributed by atoms with van der Waals surface area (Å²) in [4.78, 5) is 2.64. The molecule has 2 heteroatoms. The Morgan fingerprint density at radius 2 is 2.00 bits per heavy atom. The van der Waals surface area contributed by atoms with Crippen molar-refractivity contribution in [2.45, 2.75) is 58.0 Å². The summed E-state index contributed by atoms with van der Waals surface area (Å²) in [5.74, 6) is 0.720. The van der Waals surface area contributed by atoms with E-state index < -0.39 is 0 Å². The lowest BCUT2D eigenvalue weighted by molar-refractivity contribution is 0.228. The van der Waals surface area contributed by atoms with E-state index in [2.05, 4.69) is 68.2 Å². The van der Waals surface area contributed by atoms with Gasteiger partial charge in [0.15, 0.2) is 0 Å². The summed E-state index contributed by atoms with van der Waals surface area (Å²) in [6, 6.07) is 11.6. The Balaban J connectivity index is 1.83. The highest BCUT2D eigenvalue weighted by atomic mass is 15.2. The van der Waals surface area contributed by atoms with Gasteiger partial charge in [0.05, 0.1) is 0 Å². The van der Waals surface area contributed by atoms with Gasteiger partial charge in [0.25, 0.3) is 0 Å². The highest BCUT2D eigenvalue weighted by Gasteiger charge is 2.27. The van der Waals surface area contributed by atoms with Gasteiger partial charge in [-0.15, -0.1) is 0 Å². The van der Waals surface area contributed by atoms with Crippen LogP contribution in [0.25, 0.3) is 0 Å². The molecule has 2 atom stereocenters. The van der Waals surface area contributed by atoms with Crippen LogP contribution in [0.3, 0.4) is 0 Å². The molecule has 0 aromatic heterocycles. The third-order valence-corrected chi connectivity index (χ3v) is 4.87. The molecule has 1 aromatic rings. The summed E-state index contributed by atoms with van der Waals surface area (Å²) in [6.45, 7) is 12.7. The highest BCUT2D eigenvalue weighted by molar-refractivity contribution is 5.21. The fourth-order valence-corrected chi connectivity index (χ4v) is 2.86. The zero-order valence-corrected chi connectivity index (χ0v) is 13.5. The fraction of sp³-hybridized carbons (Fsp3) is 0.667. The van der Waals surface area contributed by atoms with Crippen molar-refractivity contribution in [3.63, 3.8) is 0 Å². The van der Waals surface area contributed by atoms with Gasteiger partial charge in [-0.3, -0.25) is 4.90 Å². The number of rotatable bonds is 6. The fourth-order valence-electron chi connectivity index (χ4n) is 2.86. The van der Waals surface area contributed by atoms with Gasteiger partial charge < -0.3 is 5.32 Å². The van der Waals surface area contributed by atoms with E-state index in [0.717, 1.165) is 12.5 Å². The Morgan fingerprint density at radius 1 is 1.30 bits per heavy atom. The van der Waals surface area contributed by atoms with Crippen molar-refractivity contribution in [1.29, 1.82) is 0 Å². The summed E-state index contributed by atoms with van der Waals surface area (Å²) in [5, 5.41) is 3.70. The van der Waals surface area contributed by atoms with E-state index in [0.29, 0.717) is 6.04 Å². The lowest BCUT2D eigenvalue weighted by Gasteiger charge is -2.30. The molecule has 0 amide bonds. The number of nitrogens with one attached hydrogen (secondary N) is 1. The summed E-state index contributed by atoms with van der Waals surface area (Å²) < 4.78 is 0. The second-order valence-corrected chi connectivity index (χ2v) is 6.86.